The summed E-state index contributed by atoms with van der Waals surface area (Å²) in [5, 5.41) is 11.4. The predicted molar refractivity (Wildman–Crippen MR) is 66.8 cm³/mol. The molecular weight excluding hydrogens is 252 g/mol. The number of urea groups is 1. The third kappa shape index (κ3) is 5.87. The number of hydrogen-bond acceptors (Lipinski definition) is 4. The van der Waals surface area contributed by atoms with Crippen LogP contribution in [0.2, 0.25) is 0 Å². The number of H-pyrrole nitrogens is 1. The van der Waals surface area contributed by atoms with Crippen LogP contribution in [0.1, 0.15) is 5.82 Å². The number of ether oxygens (including phenoxy) is 1. The smallest absolute Gasteiger partial charge is 0.323 e. The Hall–Kier alpha value is -2.09. The van der Waals surface area contributed by atoms with Gasteiger partial charge in [0.05, 0.1) is 6.61 Å². The van der Waals surface area contributed by atoms with Gasteiger partial charge in [-0.1, -0.05) is 0 Å². The number of methoxy groups -OCH3 is 1. The van der Waals surface area contributed by atoms with E-state index in [-0.39, 0.29) is 13.1 Å². The SMILES string of the molecule is COCCN(CC(=O)O)C(=O)NCCc1ncc[nH]1. The van der Waals surface area contributed by atoms with Crippen molar-refractivity contribution in [2.75, 3.05) is 33.4 Å². The highest BCUT2D eigenvalue weighted by Crippen LogP contribution is 1.92. The van der Waals surface area contributed by atoms with E-state index in [0.717, 1.165) is 5.82 Å². The normalized spacial score (nSPS) is 10.2. The maximum atomic E-state index is 11.8. The number of carboxylic acids is 1. The Balaban J connectivity index is 2.35. The van der Waals surface area contributed by atoms with Crippen LogP contribution in [0.15, 0.2) is 12.4 Å². The second kappa shape index (κ2) is 8.09. The number of amides is 2. The topological polar surface area (TPSA) is 108 Å². The first-order valence-electron chi connectivity index (χ1n) is 5.85. The largest absolute Gasteiger partial charge is 0.480 e. The van der Waals surface area contributed by atoms with Crippen LogP contribution >= 0.6 is 0 Å². The molecule has 0 bridgehead atoms. The molecule has 1 aromatic rings. The van der Waals surface area contributed by atoms with Gasteiger partial charge in [-0.15, -0.1) is 0 Å². The second-order valence-corrected chi connectivity index (χ2v) is 3.83. The van der Waals surface area contributed by atoms with Crippen molar-refractivity contribution in [2.45, 2.75) is 6.42 Å². The third-order valence-corrected chi connectivity index (χ3v) is 2.37. The fraction of sp³-hybridized carbons (Fsp3) is 0.545. The van der Waals surface area contributed by atoms with Gasteiger partial charge in [-0.3, -0.25) is 4.79 Å². The summed E-state index contributed by atoms with van der Waals surface area (Å²) in [6, 6.07) is -0.425. The van der Waals surface area contributed by atoms with Gasteiger partial charge in [0.1, 0.15) is 12.4 Å². The number of aromatic amines is 1. The summed E-state index contributed by atoms with van der Waals surface area (Å²) in [6.07, 6.45) is 3.89. The first-order valence-corrected chi connectivity index (χ1v) is 5.85. The number of hydrogen-bond donors (Lipinski definition) is 3. The molecule has 0 aliphatic heterocycles. The zero-order valence-electron chi connectivity index (χ0n) is 10.8. The Bertz CT molecular complexity index is 393. The highest BCUT2D eigenvalue weighted by molar-refractivity contribution is 5.80. The number of carboxylic acid groups (broad SMARTS) is 1. The van der Waals surface area contributed by atoms with Crippen LogP contribution < -0.4 is 5.32 Å². The first-order chi connectivity index (χ1) is 9.13. The summed E-state index contributed by atoms with van der Waals surface area (Å²) in [5.41, 5.74) is 0. The molecule has 0 atom stereocenters. The van der Waals surface area contributed by atoms with E-state index in [1.54, 1.807) is 12.4 Å². The summed E-state index contributed by atoms with van der Waals surface area (Å²) in [4.78, 5) is 30.6. The molecule has 0 unspecified atom stereocenters. The van der Waals surface area contributed by atoms with E-state index in [4.69, 9.17) is 9.84 Å². The average molecular weight is 270 g/mol. The molecule has 2 amide bonds. The van der Waals surface area contributed by atoms with E-state index in [2.05, 4.69) is 15.3 Å². The van der Waals surface area contributed by atoms with Gasteiger partial charge >= 0.3 is 12.0 Å². The fourth-order valence-electron chi connectivity index (χ4n) is 1.45. The fourth-order valence-corrected chi connectivity index (χ4v) is 1.45. The minimum Gasteiger partial charge on any atom is -0.480 e. The maximum absolute atomic E-state index is 11.8. The van der Waals surface area contributed by atoms with Gasteiger partial charge < -0.3 is 25.0 Å². The zero-order chi connectivity index (χ0) is 14.1. The standard InChI is InChI=1S/C11H18N4O4/c1-19-7-6-15(8-10(16)17)11(18)14-3-2-9-12-4-5-13-9/h4-5H,2-3,6-8H2,1H3,(H,12,13)(H,14,18)(H,16,17). The number of rotatable bonds is 8. The quantitative estimate of drug-likeness (QED) is 0.601. The molecule has 0 fully saturated rings. The molecule has 1 aromatic heterocycles. The lowest BCUT2D eigenvalue weighted by Crippen LogP contribution is -2.44. The molecule has 0 aliphatic rings. The first kappa shape index (κ1) is 15.0. The van der Waals surface area contributed by atoms with Gasteiger partial charge in [-0.05, 0) is 0 Å². The molecule has 0 spiro atoms. The van der Waals surface area contributed by atoms with Crippen molar-refractivity contribution < 1.29 is 19.4 Å². The van der Waals surface area contributed by atoms with Crippen molar-refractivity contribution in [3.8, 4) is 0 Å². The molecule has 0 aromatic carbocycles. The Kier molecular flexibility index (Phi) is 6.37. The zero-order valence-corrected chi connectivity index (χ0v) is 10.8. The van der Waals surface area contributed by atoms with Crippen molar-refractivity contribution in [3.05, 3.63) is 18.2 Å². The van der Waals surface area contributed by atoms with Crippen molar-refractivity contribution in [3.63, 3.8) is 0 Å². The van der Waals surface area contributed by atoms with Gasteiger partial charge in [0, 0.05) is 39.0 Å². The average Bonchev–Trinajstić information content (AvgIpc) is 2.87. The van der Waals surface area contributed by atoms with Crippen molar-refractivity contribution in [1.29, 1.82) is 0 Å². The van der Waals surface area contributed by atoms with Gasteiger partial charge in [0.25, 0.3) is 0 Å². The minimum absolute atomic E-state index is 0.232. The second-order valence-electron chi connectivity index (χ2n) is 3.83. The summed E-state index contributed by atoms with van der Waals surface area (Å²) in [7, 11) is 1.49. The third-order valence-electron chi connectivity index (χ3n) is 2.37. The lowest BCUT2D eigenvalue weighted by atomic mass is 10.4. The number of imidazole rings is 1. The molecule has 3 N–H and O–H groups in total. The summed E-state index contributed by atoms with van der Waals surface area (Å²) in [5.74, 6) is -0.292. The molecule has 106 valence electrons. The van der Waals surface area contributed by atoms with Crippen LogP contribution in [0, 0.1) is 0 Å². The Labute approximate surface area is 110 Å². The van der Waals surface area contributed by atoms with Gasteiger partial charge in [0.2, 0.25) is 0 Å². The summed E-state index contributed by atoms with van der Waals surface area (Å²) in [6.45, 7) is 0.555. The predicted octanol–water partition coefficient (Wildman–Crippen LogP) is -0.305. The molecule has 0 saturated carbocycles. The Morgan fingerprint density at radius 3 is 2.95 bits per heavy atom. The van der Waals surface area contributed by atoms with Crippen LogP contribution in [-0.2, 0) is 16.0 Å². The number of nitrogens with zero attached hydrogens (tertiary/aromatic N) is 2. The lowest BCUT2D eigenvalue weighted by molar-refractivity contribution is -0.137. The minimum atomic E-state index is -1.06. The van der Waals surface area contributed by atoms with Crippen LogP contribution in [0.3, 0.4) is 0 Å². The number of carbonyl (C=O) groups is 2. The monoisotopic (exact) mass is 270 g/mol. The van der Waals surface area contributed by atoms with E-state index < -0.39 is 12.0 Å². The number of carbonyl (C=O) groups excluding carboxylic acids is 1. The van der Waals surface area contributed by atoms with Crippen molar-refractivity contribution in [1.82, 2.24) is 20.2 Å². The van der Waals surface area contributed by atoms with Gasteiger partial charge in [-0.25, -0.2) is 9.78 Å². The molecule has 19 heavy (non-hydrogen) atoms. The van der Waals surface area contributed by atoms with Gasteiger partial charge in [0.15, 0.2) is 0 Å². The highest BCUT2D eigenvalue weighted by atomic mass is 16.5. The summed E-state index contributed by atoms with van der Waals surface area (Å²) >= 11 is 0. The molecule has 8 nitrogen and oxygen atoms in total. The number of nitrogens with one attached hydrogen (secondary N) is 2. The molecular formula is C11H18N4O4. The molecule has 0 saturated heterocycles. The van der Waals surface area contributed by atoms with Crippen molar-refractivity contribution in [2.24, 2.45) is 0 Å². The van der Waals surface area contributed by atoms with Crippen LogP contribution in [-0.4, -0.2) is 65.3 Å². The van der Waals surface area contributed by atoms with E-state index in [9.17, 15) is 9.59 Å². The van der Waals surface area contributed by atoms with E-state index >= 15 is 0 Å². The molecule has 0 aliphatic carbocycles. The van der Waals surface area contributed by atoms with Crippen LogP contribution in [0.25, 0.3) is 0 Å². The molecule has 0 radical (unpaired) electrons. The highest BCUT2D eigenvalue weighted by Gasteiger charge is 2.15. The Morgan fingerprint density at radius 2 is 2.37 bits per heavy atom. The number of aromatic nitrogens is 2. The lowest BCUT2D eigenvalue weighted by Gasteiger charge is -2.20. The van der Waals surface area contributed by atoms with Crippen LogP contribution in [0.5, 0.6) is 0 Å². The van der Waals surface area contributed by atoms with E-state index in [0.29, 0.717) is 19.6 Å². The Morgan fingerprint density at radius 1 is 1.58 bits per heavy atom. The van der Waals surface area contributed by atoms with Crippen LogP contribution in [0.4, 0.5) is 4.79 Å². The summed E-state index contributed by atoms with van der Waals surface area (Å²) < 4.78 is 4.84. The molecule has 1 rings (SSSR count). The van der Waals surface area contributed by atoms with Gasteiger partial charge in [-0.2, -0.15) is 0 Å². The molecule has 8 heteroatoms. The molecule has 1 heterocycles. The van der Waals surface area contributed by atoms with E-state index in [1.807, 2.05) is 0 Å². The number of aliphatic carboxylic acids is 1. The van der Waals surface area contributed by atoms with Crippen molar-refractivity contribution >= 4 is 12.0 Å². The maximum Gasteiger partial charge on any atom is 0.323 e. The van der Waals surface area contributed by atoms with E-state index in [1.165, 1.54) is 12.0 Å².